The SMILES string of the molecule is CCC(CC)NC(=O)c1cc(S(N)(=O)=O)c(Cl)cc1Cl. The summed E-state index contributed by atoms with van der Waals surface area (Å²) < 4.78 is 22.8. The van der Waals surface area contributed by atoms with Gasteiger partial charge in [0.1, 0.15) is 4.90 Å². The van der Waals surface area contributed by atoms with Gasteiger partial charge in [-0.2, -0.15) is 0 Å². The molecule has 1 aromatic rings. The minimum Gasteiger partial charge on any atom is -0.349 e. The van der Waals surface area contributed by atoms with Gasteiger partial charge in [0.05, 0.1) is 15.6 Å². The Balaban J connectivity index is 3.22. The second-order valence-corrected chi connectivity index (χ2v) is 6.64. The number of carbonyl (C=O) groups is 1. The normalized spacial score (nSPS) is 11.7. The molecule has 0 atom stereocenters. The third-order valence-electron chi connectivity index (χ3n) is 2.89. The average molecular weight is 339 g/mol. The molecule has 0 saturated heterocycles. The van der Waals surface area contributed by atoms with Gasteiger partial charge in [-0.15, -0.1) is 0 Å². The van der Waals surface area contributed by atoms with Crippen LogP contribution in [0.1, 0.15) is 37.0 Å². The van der Waals surface area contributed by atoms with E-state index in [1.54, 1.807) is 0 Å². The Hall–Kier alpha value is -0.820. The molecule has 0 saturated carbocycles. The summed E-state index contributed by atoms with van der Waals surface area (Å²) in [4.78, 5) is 11.8. The number of halogens is 2. The zero-order chi connectivity index (χ0) is 15.5. The highest BCUT2D eigenvalue weighted by Gasteiger charge is 2.20. The minimum atomic E-state index is -4.02. The largest absolute Gasteiger partial charge is 0.349 e. The summed E-state index contributed by atoms with van der Waals surface area (Å²) in [6.45, 7) is 3.88. The van der Waals surface area contributed by atoms with E-state index in [2.05, 4.69) is 5.32 Å². The lowest BCUT2D eigenvalue weighted by molar-refractivity contribution is 0.0935. The molecular weight excluding hydrogens is 323 g/mol. The Morgan fingerprint density at radius 3 is 2.25 bits per heavy atom. The van der Waals surface area contributed by atoms with E-state index in [1.807, 2.05) is 13.8 Å². The summed E-state index contributed by atoms with van der Waals surface area (Å²) in [5, 5.41) is 7.77. The Kier molecular flexibility index (Phi) is 5.82. The average Bonchev–Trinajstić information content (AvgIpc) is 2.33. The maximum atomic E-state index is 12.1. The van der Waals surface area contributed by atoms with Crippen molar-refractivity contribution in [3.63, 3.8) is 0 Å². The number of amides is 1. The molecular formula is C12H16Cl2N2O3S. The van der Waals surface area contributed by atoms with Crippen LogP contribution in [-0.2, 0) is 10.0 Å². The lowest BCUT2D eigenvalue weighted by atomic mass is 10.1. The van der Waals surface area contributed by atoms with Crippen LogP contribution in [0.25, 0.3) is 0 Å². The van der Waals surface area contributed by atoms with Crippen LogP contribution in [0.5, 0.6) is 0 Å². The molecule has 0 fully saturated rings. The van der Waals surface area contributed by atoms with Crippen LogP contribution >= 0.6 is 23.2 Å². The Morgan fingerprint density at radius 2 is 1.80 bits per heavy atom. The molecule has 1 aromatic carbocycles. The van der Waals surface area contributed by atoms with Crippen LogP contribution in [0.15, 0.2) is 17.0 Å². The summed E-state index contributed by atoms with van der Waals surface area (Å²) >= 11 is 11.7. The second-order valence-electron chi connectivity index (χ2n) is 4.29. The van der Waals surface area contributed by atoms with Crippen molar-refractivity contribution in [3.05, 3.63) is 27.7 Å². The van der Waals surface area contributed by atoms with Gasteiger partial charge in [-0.25, -0.2) is 13.6 Å². The lowest BCUT2D eigenvalue weighted by Crippen LogP contribution is -2.34. The number of nitrogens with two attached hydrogens (primary N) is 1. The summed E-state index contributed by atoms with van der Waals surface area (Å²) in [6.07, 6.45) is 1.52. The molecule has 0 heterocycles. The van der Waals surface area contributed by atoms with Gasteiger partial charge in [-0.1, -0.05) is 37.0 Å². The first-order valence-corrected chi connectivity index (χ1v) is 8.33. The molecule has 0 unspecified atom stereocenters. The first kappa shape index (κ1) is 17.2. The van der Waals surface area contributed by atoms with Crippen LogP contribution < -0.4 is 10.5 Å². The van der Waals surface area contributed by atoms with Crippen molar-refractivity contribution in [3.8, 4) is 0 Å². The highest BCUT2D eigenvalue weighted by molar-refractivity contribution is 7.89. The molecule has 20 heavy (non-hydrogen) atoms. The van der Waals surface area contributed by atoms with E-state index < -0.39 is 15.9 Å². The number of sulfonamides is 1. The smallest absolute Gasteiger partial charge is 0.253 e. The summed E-state index contributed by atoms with van der Waals surface area (Å²) in [5.41, 5.74) is 0.0343. The fourth-order valence-electron chi connectivity index (χ4n) is 1.68. The van der Waals surface area contributed by atoms with Gasteiger partial charge >= 0.3 is 0 Å². The topological polar surface area (TPSA) is 89.3 Å². The predicted molar refractivity (Wildman–Crippen MR) is 79.7 cm³/mol. The van der Waals surface area contributed by atoms with Gasteiger partial charge in [0.25, 0.3) is 5.91 Å². The van der Waals surface area contributed by atoms with E-state index in [1.165, 1.54) is 6.07 Å². The van der Waals surface area contributed by atoms with E-state index >= 15 is 0 Å². The quantitative estimate of drug-likeness (QED) is 0.864. The van der Waals surface area contributed by atoms with Crippen LogP contribution in [-0.4, -0.2) is 20.4 Å². The number of carbonyl (C=O) groups excluding carboxylic acids is 1. The van der Waals surface area contributed by atoms with Crippen molar-refractivity contribution in [1.29, 1.82) is 0 Å². The zero-order valence-electron chi connectivity index (χ0n) is 11.1. The van der Waals surface area contributed by atoms with E-state index in [0.29, 0.717) is 0 Å². The molecule has 0 spiro atoms. The Morgan fingerprint density at radius 1 is 1.25 bits per heavy atom. The summed E-state index contributed by atoms with van der Waals surface area (Å²) in [5.74, 6) is -0.453. The van der Waals surface area contributed by atoms with Crippen LogP contribution in [0.3, 0.4) is 0 Å². The van der Waals surface area contributed by atoms with Crippen LogP contribution in [0.2, 0.25) is 10.0 Å². The number of nitrogens with one attached hydrogen (secondary N) is 1. The van der Waals surface area contributed by atoms with Crippen molar-refractivity contribution >= 4 is 39.1 Å². The highest BCUT2D eigenvalue weighted by atomic mass is 35.5. The van der Waals surface area contributed by atoms with Crippen molar-refractivity contribution < 1.29 is 13.2 Å². The van der Waals surface area contributed by atoms with Gasteiger partial charge in [0, 0.05) is 6.04 Å². The molecule has 112 valence electrons. The van der Waals surface area contributed by atoms with Crippen molar-refractivity contribution in [2.24, 2.45) is 5.14 Å². The molecule has 0 aliphatic rings. The van der Waals surface area contributed by atoms with Gasteiger partial charge in [-0.05, 0) is 25.0 Å². The molecule has 0 aliphatic carbocycles. The maximum absolute atomic E-state index is 12.1. The molecule has 0 aliphatic heterocycles. The number of hydrogen-bond donors (Lipinski definition) is 2. The molecule has 0 radical (unpaired) electrons. The van der Waals surface area contributed by atoms with Crippen LogP contribution in [0, 0.1) is 0 Å². The fourth-order valence-corrected chi connectivity index (χ4v) is 3.08. The fraction of sp³-hybridized carbons (Fsp3) is 0.417. The lowest BCUT2D eigenvalue weighted by Gasteiger charge is -2.16. The molecule has 5 nitrogen and oxygen atoms in total. The third-order valence-corrected chi connectivity index (χ3v) is 4.58. The van der Waals surface area contributed by atoms with E-state index in [0.717, 1.165) is 18.9 Å². The highest BCUT2D eigenvalue weighted by Crippen LogP contribution is 2.28. The monoisotopic (exact) mass is 338 g/mol. The van der Waals surface area contributed by atoms with E-state index in [9.17, 15) is 13.2 Å². The summed E-state index contributed by atoms with van der Waals surface area (Å²) in [7, 11) is -4.02. The van der Waals surface area contributed by atoms with Crippen molar-refractivity contribution in [2.45, 2.75) is 37.6 Å². The molecule has 1 amide bonds. The van der Waals surface area contributed by atoms with Gasteiger partial charge < -0.3 is 5.32 Å². The Bertz CT molecular complexity index is 613. The van der Waals surface area contributed by atoms with Gasteiger partial charge in [-0.3, -0.25) is 4.79 Å². The minimum absolute atomic E-state index is 0.00724. The number of rotatable bonds is 5. The van der Waals surface area contributed by atoms with Crippen LogP contribution in [0.4, 0.5) is 0 Å². The second kappa shape index (κ2) is 6.76. The summed E-state index contributed by atoms with van der Waals surface area (Å²) in [6, 6.07) is 2.29. The third kappa shape index (κ3) is 4.09. The molecule has 0 aromatic heterocycles. The van der Waals surface area contributed by atoms with E-state index in [4.69, 9.17) is 28.3 Å². The molecule has 3 N–H and O–H groups in total. The number of benzene rings is 1. The first-order valence-electron chi connectivity index (χ1n) is 6.03. The van der Waals surface area contributed by atoms with E-state index in [-0.39, 0.29) is 26.5 Å². The zero-order valence-corrected chi connectivity index (χ0v) is 13.4. The number of hydrogen-bond acceptors (Lipinski definition) is 3. The van der Waals surface area contributed by atoms with Gasteiger partial charge in [0.15, 0.2) is 0 Å². The van der Waals surface area contributed by atoms with Crippen molar-refractivity contribution in [1.82, 2.24) is 5.32 Å². The maximum Gasteiger partial charge on any atom is 0.253 e. The molecule has 0 bridgehead atoms. The Labute approximate surface area is 128 Å². The predicted octanol–water partition coefficient (Wildman–Crippen LogP) is 2.56. The standard InChI is InChI=1S/C12H16Cl2N2O3S/c1-3-7(4-2)16-12(17)8-5-11(20(15,18)19)10(14)6-9(8)13/h5-7H,3-4H2,1-2H3,(H,16,17)(H2,15,18,19). The number of primary sulfonamides is 1. The first-order chi connectivity index (χ1) is 9.20. The van der Waals surface area contributed by atoms with Gasteiger partial charge in [0.2, 0.25) is 10.0 Å². The molecule has 8 heteroatoms. The molecule has 1 rings (SSSR count). The van der Waals surface area contributed by atoms with Crippen molar-refractivity contribution in [2.75, 3.05) is 0 Å².